The van der Waals surface area contributed by atoms with Crippen LogP contribution in [-0.2, 0) is 6.42 Å². The first-order valence-electron chi connectivity index (χ1n) is 7.57. The second kappa shape index (κ2) is 6.28. The van der Waals surface area contributed by atoms with Crippen LogP contribution >= 0.6 is 0 Å². The van der Waals surface area contributed by atoms with E-state index in [0.29, 0.717) is 5.92 Å². The van der Waals surface area contributed by atoms with Gasteiger partial charge in [0.15, 0.2) is 0 Å². The van der Waals surface area contributed by atoms with Crippen LogP contribution < -0.4 is 10.2 Å². The van der Waals surface area contributed by atoms with Gasteiger partial charge in [-0.1, -0.05) is 32.0 Å². The molecule has 1 N–H and O–H groups in total. The average Bonchev–Trinajstić information content (AvgIpc) is 2.45. The van der Waals surface area contributed by atoms with Crippen molar-refractivity contribution in [2.75, 3.05) is 24.5 Å². The van der Waals surface area contributed by atoms with E-state index in [2.05, 4.69) is 54.4 Å². The number of nitrogens with zero attached hydrogens (tertiary/aromatic N) is 2. The lowest BCUT2D eigenvalue weighted by atomic mass is 9.92. The summed E-state index contributed by atoms with van der Waals surface area (Å²) < 4.78 is 0. The normalized spacial score (nSPS) is 20.9. The smallest absolute Gasteiger partial charge is 0.121 e. The van der Waals surface area contributed by atoms with Gasteiger partial charge in [-0.3, -0.25) is 5.32 Å². The van der Waals surface area contributed by atoms with Crippen LogP contribution in [-0.4, -0.2) is 25.2 Å². The Kier molecular flexibility index (Phi) is 4.67. The lowest BCUT2D eigenvalue weighted by Gasteiger charge is -2.39. The molecule has 3 heteroatoms. The fourth-order valence-electron chi connectivity index (χ4n) is 2.97. The van der Waals surface area contributed by atoms with Crippen molar-refractivity contribution >= 4 is 5.69 Å². The molecule has 0 saturated carbocycles. The van der Waals surface area contributed by atoms with Crippen LogP contribution in [0.5, 0.6) is 0 Å². The van der Waals surface area contributed by atoms with Crippen LogP contribution in [0.2, 0.25) is 0 Å². The number of hydrogen-bond donors (Lipinski definition) is 1. The molecule has 1 aromatic carbocycles. The molecule has 2 unspecified atom stereocenters. The molecule has 0 amide bonds. The van der Waals surface area contributed by atoms with Gasteiger partial charge in [0.25, 0.3) is 0 Å². The van der Waals surface area contributed by atoms with Crippen LogP contribution in [0.25, 0.3) is 0 Å². The van der Waals surface area contributed by atoms with Gasteiger partial charge in [0.1, 0.15) is 5.54 Å². The van der Waals surface area contributed by atoms with Gasteiger partial charge in [-0.25, -0.2) is 0 Å². The first-order chi connectivity index (χ1) is 9.58. The number of anilines is 1. The lowest BCUT2D eigenvalue weighted by Crippen LogP contribution is -2.52. The summed E-state index contributed by atoms with van der Waals surface area (Å²) >= 11 is 0. The molecule has 2 atom stereocenters. The number of nitriles is 1. The Morgan fingerprint density at radius 2 is 2.20 bits per heavy atom. The van der Waals surface area contributed by atoms with E-state index >= 15 is 0 Å². The maximum atomic E-state index is 9.52. The third-order valence-electron chi connectivity index (χ3n) is 3.95. The topological polar surface area (TPSA) is 39.1 Å². The molecular weight excluding hydrogens is 246 g/mol. The van der Waals surface area contributed by atoms with E-state index < -0.39 is 5.54 Å². The van der Waals surface area contributed by atoms with Crippen LogP contribution in [0.4, 0.5) is 5.69 Å². The van der Waals surface area contributed by atoms with Gasteiger partial charge in [0.2, 0.25) is 0 Å². The second-order valence-electron chi connectivity index (χ2n) is 6.19. The maximum Gasteiger partial charge on any atom is 0.121 e. The monoisotopic (exact) mass is 271 g/mol. The zero-order chi connectivity index (χ0) is 14.6. The maximum absolute atomic E-state index is 9.52. The standard InChI is InChI=1S/C17H25N3/c1-4-9-19-17(3,12-18)13-20-11-14(2)10-15-7-5-6-8-16(15)20/h5-8,14,19H,4,9-11,13H2,1-3H3. The number of benzene rings is 1. The number of rotatable bonds is 5. The predicted octanol–water partition coefficient (Wildman–Crippen LogP) is 2.97. The molecule has 0 fully saturated rings. The van der Waals surface area contributed by atoms with Crippen LogP contribution in [0.1, 0.15) is 32.8 Å². The van der Waals surface area contributed by atoms with E-state index in [9.17, 15) is 5.26 Å². The first kappa shape index (κ1) is 14.9. The van der Waals surface area contributed by atoms with Crippen molar-refractivity contribution in [3.8, 4) is 6.07 Å². The van der Waals surface area contributed by atoms with Gasteiger partial charge >= 0.3 is 0 Å². The summed E-state index contributed by atoms with van der Waals surface area (Å²) in [5, 5.41) is 12.9. The molecular formula is C17H25N3. The van der Waals surface area contributed by atoms with E-state index in [1.54, 1.807) is 0 Å². The SMILES string of the molecule is CCCNC(C)(C#N)CN1CC(C)Cc2ccccc21. The minimum Gasteiger partial charge on any atom is -0.368 e. The Morgan fingerprint density at radius 1 is 1.45 bits per heavy atom. The van der Waals surface area contributed by atoms with Crippen LogP contribution in [0, 0.1) is 17.2 Å². The summed E-state index contributed by atoms with van der Waals surface area (Å²) in [5.41, 5.74) is 2.22. The summed E-state index contributed by atoms with van der Waals surface area (Å²) in [6.45, 7) is 9.07. The molecule has 0 spiro atoms. The van der Waals surface area contributed by atoms with Gasteiger partial charge in [0, 0.05) is 18.8 Å². The highest BCUT2D eigenvalue weighted by Gasteiger charge is 2.30. The molecule has 1 aliphatic rings. The highest BCUT2D eigenvalue weighted by Crippen LogP contribution is 2.30. The van der Waals surface area contributed by atoms with Gasteiger partial charge in [-0.15, -0.1) is 0 Å². The van der Waals surface area contributed by atoms with Crippen LogP contribution in [0.15, 0.2) is 24.3 Å². The number of fused-ring (bicyclic) bond motifs is 1. The molecule has 0 saturated heterocycles. The van der Waals surface area contributed by atoms with Crippen molar-refractivity contribution in [3.05, 3.63) is 29.8 Å². The van der Waals surface area contributed by atoms with Crippen molar-refractivity contribution in [1.82, 2.24) is 5.32 Å². The number of hydrogen-bond acceptors (Lipinski definition) is 3. The molecule has 1 heterocycles. The molecule has 0 aromatic heterocycles. The summed E-state index contributed by atoms with van der Waals surface area (Å²) in [5.74, 6) is 0.638. The molecule has 1 aromatic rings. The molecule has 3 nitrogen and oxygen atoms in total. The van der Waals surface area contributed by atoms with Crippen molar-refractivity contribution in [1.29, 1.82) is 5.26 Å². The highest BCUT2D eigenvalue weighted by molar-refractivity contribution is 5.56. The van der Waals surface area contributed by atoms with Crippen LogP contribution in [0.3, 0.4) is 0 Å². The number of nitrogens with one attached hydrogen (secondary N) is 1. The Morgan fingerprint density at radius 3 is 2.90 bits per heavy atom. The summed E-state index contributed by atoms with van der Waals surface area (Å²) in [4.78, 5) is 2.37. The Hall–Kier alpha value is -1.53. The fraction of sp³-hybridized carbons (Fsp3) is 0.588. The summed E-state index contributed by atoms with van der Waals surface area (Å²) in [7, 11) is 0. The van der Waals surface area contributed by atoms with Crippen molar-refractivity contribution in [3.63, 3.8) is 0 Å². The average molecular weight is 271 g/mol. The van der Waals surface area contributed by atoms with E-state index in [1.165, 1.54) is 11.3 Å². The van der Waals surface area contributed by atoms with Crippen molar-refractivity contribution in [2.45, 2.75) is 39.2 Å². The first-order valence-corrected chi connectivity index (χ1v) is 7.57. The van der Waals surface area contributed by atoms with Crippen molar-refractivity contribution < 1.29 is 0 Å². The molecule has 0 aliphatic carbocycles. The zero-order valence-corrected chi connectivity index (χ0v) is 12.8. The third kappa shape index (κ3) is 3.32. The van der Waals surface area contributed by atoms with Gasteiger partial charge < -0.3 is 4.90 Å². The zero-order valence-electron chi connectivity index (χ0n) is 12.8. The van der Waals surface area contributed by atoms with E-state index in [-0.39, 0.29) is 0 Å². The van der Waals surface area contributed by atoms with Gasteiger partial charge in [0.05, 0.1) is 6.07 Å². The largest absolute Gasteiger partial charge is 0.368 e. The summed E-state index contributed by atoms with van der Waals surface area (Å²) in [6.07, 6.45) is 2.18. The second-order valence-corrected chi connectivity index (χ2v) is 6.19. The van der Waals surface area contributed by atoms with Crippen molar-refractivity contribution in [2.24, 2.45) is 5.92 Å². The number of para-hydroxylation sites is 1. The van der Waals surface area contributed by atoms with E-state index in [0.717, 1.165) is 32.5 Å². The quantitative estimate of drug-likeness (QED) is 0.895. The third-order valence-corrected chi connectivity index (χ3v) is 3.95. The van der Waals surface area contributed by atoms with E-state index in [4.69, 9.17) is 0 Å². The Balaban J connectivity index is 2.18. The molecule has 20 heavy (non-hydrogen) atoms. The molecule has 0 bridgehead atoms. The molecule has 108 valence electrons. The van der Waals surface area contributed by atoms with Gasteiger partial charge in [-0.05, 0) is 43.9 Å². The molecule has 1 aliphatic heterocycles. The Bertz CT molecular complexity index is 491. The summed E-state index contributed by atoms with van der Waals surface area (Å²) in [6, 6.07) is 11.0. The molecule has 0 radical (unpaired) electrons. The molecule has 2 rings (SSSR count). The fourth-order valence-corrected chi connectivity index (χ4v) is 2.97. The minimum absolute atomic E-state index is 0.486. The highest BCUT2D eigenvalue weighted by atomic mass is 15.2. The van der Waals surface area contributed by atoms with E-state index in [1.807, 2.05) is 6.92 Å². The van der Waals surface area contributed by atoms with Gasteiger partial charge in [-0.2, -0.15) is 5.26 Å². The Labute approximate surface area is 122 Å². The lowest BCUT2D eigenvalue weighted by molar-refractivity contribution is 0.420. The minimum atomic E-state index is -0.486. The predicted molar refractivity (Wildman–Crippen MR) is 83.8 cm³/mol.